The molecule has 7 nitrogen and oxygen atoms in total. The Kier molecular flexibility index (Phi) is 10.3. The normalized spacial score (nSPS) is 10.7. The second kappa shape index (κ2) is 12.2. The molecule has 8 heteroatoms. The molecule has 1 aromatic rings. The van der Waals surface area contributed by atoms with Crippen molar-refractivity contribution in [2.24, 2.45) is 0 Å². The fraction of sp³-hybridized carbons (Fsp3) is 0.550. The van der Waals surface area contributed by atoms with E-state index in [4.69, 9.17) is 17.0 Å². The minimum absolute atomic E-state index is 0.218. The molecule has 0 aliphatic carbocycles. The van der Waals surface area contributed by atoms with Crippen LogP contribution in [0, 0.1) is 0 Å². The summed E-state index contributed by atoms with van der Waals surface area (Å²) in [6.07, 6.45) is 3.66. The maximum Gasteiger partial charge on any atom is 0.407 e. The lowest BCUT2D eigenvalue weighted by Gasteiger charge is -2.19. The van der Waals surface area contributed by atoms with Gasteiger partial charge in [-0.05, 0) is 69.9 Å². The summed E-state index contributed by atoms with van der Waals surface area (Å²) in [6.45, 7) is 7.91. The highest BCUT2D eigenvalue weighted by Crippen LogP contribution is 2.11. The molecule has 0 saturated carbocycles. The van der Waals surface area contributed by atoms with Gasteiger partial charge in [0.1, 0.15) is 5.60 Å². The SMILES string of the molecule is CCCCc1ccc(NC(=S)NNC(=O)CCCNC(=O)OC(C)(C)C)cc1. The first-order valence-electron chi connectivity index (χ1n) is 9.61. The summed E-state index contributed by atoms with van der Waals surface area (Å²) in [5.41, 5.74) is 6.81. The first-order chi connectivity index (χ1) is 13.2. The van der Waals surface area contributed by atoms with Gasteiger partial charge in [0.2, 0.25) is 5.91 Å². The van der Waals surface area contributed by atoms with E-state index < -0.39 is 11.7 Å². The van der Waals surface area contributed by atoms with Gasteiger partial charge in [-0.2, -0.15) is 0 Å². The zero-order valence-electron chi connectivity index (χ0n) is 17.2. The first kappa shape index (κ1) is 23.7. The fourth-order valence-corrected chi connectivity index (χ4v) is 2.41. The van der Waals surface area contributed by atoms with Crippen molar-refractivity contribution in [3.63, 3.8) is 0 Å². The fourth-order valence-electron chi connectivity index (χ4n) is 2.24. The van der Waals surface area contributed by atoms with Crippen LogP contribution in [0.15, 0.2) is 24.3 Å². The van der Waals surface area contributed by atoms with Gasteiger partial charge in [-0.3, -0.25) is 15.6 Å². The van der Waals surface area contributed by atoms with E-state index in [1.165, 1.54) is 18.4 Å². The summed E-state index contributed by atoms with van der Waals surface area (Å²) >= 11 is 5.17. The Bertz CT molecular complexity index is 642. The Labute approximate surface area is 173 Å². The third kappa shape index (κ3) is 11.4. The number of hydrazine groups is 1. The molecule has 0 bridgehead atoms. The van der Waals surface area contributed by atoms with Crippen LogP contribution < -0.4 is 21.5 Å². The number of carbonyl (C=O) groups excluding carboxylic acids is 2. The Morgan fingerprint density at radius 3 is 2.36 bits per heavy atom. The number of thiocarbonyl (C=S) groups is 1. The lowest BCUT2D eigenvalue weighted by Crippen LogP contribution is -2.43. The topological polar surface area (TPSA) is 91.5 Å². The molecule has 0 aromatic heterocycles. The first-order valence-corrected chi connectivity index (χ1v) is 10.0. The van der Waals surface area contributed by atoms with Crippen LogP contribution in [0.1, 0.15) is 58.9 Å². The molecule has 28 heavy (non-hydrogen) atoms. The number of benzene rings is 1. The van der Waals surface area contributed by atoms with E-state index in [0.29, 0.717) is 18.1 Å². The molecule has 2 amide bonds. The van der Waals surface area contributed by atoms with E-state index in [0.717, 1.165) is 12.1 Å². The van der Waals surface area contributed by atoms with Gasteiger partial charge in [-0.25, -0.2) is 4.79 Å². The predicted molar refractivity (Wildman–Crippen MR) is 116 cm³/mol. The molecule has 0 heterocycles. The number of anilines is 1. The van der Waals surface area contributed by atoms with Crippen molar-refractivity contribution in [2.45, 2.75) is 65.4 Å². The number of hydrogen-bond acceptors (Lipinski definition) is 4. The average Bonchev–Trinajstić information content (AvgIpc) is 2.61. The lowest BCUT2D eigenvalue weighted by atomic mass is 10.1. The molecule has 1 rings (SSSR count). The number of unbranched alkanes of at least 4 members (excludes halogenated alkanes) is 1. The molecule has 0 radical (unpaired) electrons. The molecule has 0 aliphatic rings. The second-order valence-corrected chi connectivity index (χ2v) is 7.87. The van der Waals surface area contributed by atoms with Gasteiger partial charge in [-0.15, -0.1) is 0 Å². The Balaban J connectivity index is 2.19. The van der Waals surface area contributed by atoms with Crippen molar-refractivity contribution in [1.82, 2.24) is 16.2 Å². The third-order valence-electron chi connectivity index (χ3n) is 3.60. The molecule has 4 N–H and O–H groups in total. The molecule has 1 aromatic carbocycles. The van der Waals surface area contributed by atoms with Crippen molar-refractivity contribution in [1.29, 1.82) is 0 Å². The van der Waals surface area contributed by atoms with Crippen molar-refractivity contribution in [3.05, 3.63) is 29.8 Å². The van der Waals surface area contributed by atoms with Crippen molar-refractivity contribution in [3.8, 4) is 0 Å². The summed E-state index contributed by atoms with van der Waals surface area (Å²) < 4.78 is 5.12. The van der Waals surface area contributed by atoms with E-state index in [1.807, 2.05) is 12.1 Å². The number of aryl methyl sites for hydroxylation is 1. The van der Waals surface area contributed by atoms with Crippen LogP contribution in [0.5, 0.6) is 0 Å². The van der Waals surface area contributed by atoms with Crippen LogP contribution in [0.2, 0.25) is 0 Å². The molecular formula is C20H32N4O3S. The standard InChI is InChI=1S/C20H32N4O3S/c1-5-6-8-15-10-12-16(13-11-15)22-18(28)24-23-17(25)9-7-14-21-19(26)27-20(2,3)4/h10-13H,5-9,14H2,1-4H3,(H,21,26)(H,23,25)(H2,22,24,28). The molecule has 0 unspecified atom stereocenters. The zero-order chi connectivity index (χ0) is 21.0. The highest BCUT2D eigenvalue weighted by atomic mass is 32.1. The lowest BCUT2D eigenvalue weighted by molar-refractivity contribution is -0.121. The summed E-state index contributed by atoms with van der Waals surface area (Å²) in [6, 6.07) is 8.06. The maximum absolute atomic E-state index is 11.8. The highest BCUT2D eigenvalue weighted by Gasteiger charge is 2.15. The minimum Gasteiger partial charge on any atom is -0.444 e. The summed E-state index contributed by atoms with van der Waals surface area (Å²) in [5.74, 6) is -0.218. The van der Waals surface area contributed by atoms with E-state index in [2.05, 4.69) is 40.5 Å². The number of alkyl carbamates (subject to hydrolysis) is 1. The molecule has 0 saturated heterocycles. The van der Waals surface area contributed by atoms with Crippen LogP contribution in [0.4, 0.5) is 10.5 Å². The number of hydrogen-bond donors (Lipinski definition) is 4. The largest absolute Gasteiger partial charge is 0.444 e. The average molecular weight is 409 g/mol. The molecule has 0 atom stereocenters. The van der Waals surface area contributed by atoms with Crippen molar-refractivity contribution < 1.29 is 14.3 Å². The highest BCUT2D eigenvalue weighted by molar-refractivity contribution is 7.80. The Morgan fingerprint density at radius 2 is 1.75 bits per heavy atom. The van der Waals surface area contributed by atoms with Gasteiger partial charge in [0.15, 0.2) is 5.11 Å². The maximum atomic E-state index is 11.8. The minimum atomic E-state index is -0.538. The molecular weight excluding hydrogens is 376 g/mol. The molecule has 0 aliphatic heterocycles. The molecule has 156 valence electrons. The van der Waals surface area contributed by atoms with Crippen molar-refractivity contribution in [2.75, 3.05) is 11.9 Å². The number of ether oxygens (including phenoxy) is 1. The predicted octanol–water partition coefficient (Wildman–Crippen LogP) is 3.65. The van der Waals surface area contributed by atoms with E-state index in [1.54, 1.807) is 20.8 Å². The summed E-state index contributed by atoms with van der Waals surface area (Å²) in [5, 5.41) is 5.93. The second-order valence-electron chi connectivity index (χ2n) is 7.46. The number of rotatable bonds is 8. The number of carbonyl (C=O) groups is 2. The molecule has 0 fully saturated rings. The molecule has 0 spiro atoms. The van der Waals surface area contributed by atoms with Crippen molar-refractivity contribution >= 4 is 35.0 Å². The zero-order valence-corrected chi connectivity index (χ0v) is 18.0. The van der Waals surface area contributed by atoms with E-state index in [-0.39, 0.29) is 12.3 Å². The summed E-state index contributed by atoms with van der Waals surface area (Å²) in [7, 11) is 0. The van der Waals surface area contributed by atoms with Crippen LogP contribution in [0.3, 0.4) is 0 Å². The number of nitrogens with one attached hydrogen (secondary N) is 4. The quantitative estimate of drug-likeness (QED) is 0.298. The number of amides is 2. The Hall–Kier alpha value is -2.35. The smallest absolute Gasteiger partial charge is 0.407 e. The van der Waals surface area contributed by atoms with Gasteiger partial charge in [0, 0.05) is 18.7 Å². The van der Waals surface area contributed by atoms with Gasteiger partial charge in [0.25, 0.3) is 0 Å². The van der Waals surface area contributed by atoms with Crippen LogP contribution in [-0.4, -0.2) is 29.3 Å². The van der Waals surface area contributed by atoms with Crippen LogP contribution in [0.25, 0.3) is 0 Å². The van der Waals surface area contributed by atoms with Gasteiger partial charge in [-0.1, -0.05) is 25.5 Å². The van der Waals surface area contributed by atoms with Gasteiger partial charge in [0.05, 0.1) is 0 Å². The Morgan fingerprint density at radius 1 is 1.07 bits per heavy atom. The third-order valence-corrected chi connectivity index (χ3v) is 3.80. The van der Waals surface area contributed by atoms with Gasteiger partial charge < -0.3 is 15.4 Å². The monoisotopic (exact) mass is 408 g/mol. The van der Waals surface area contributed by atoms with Crippen LogP contribution >= 0.6 is 12.2 Å². The summed E-state index contributed by atoms with van der Waals surface area (Å²) in [4.78, 5) is 23.3. The van der Waals surface area contributed by atoms with E-state index in [9.17, 15) is 9.59 Å². The van der Waals surface area contributed by atoms with Gasteiger partial charge >= 0.3 is 6.09 Å². The van der Waals surface area contributed by atoms with E-state index >= 15 is 0 Å². The van der Waals surface area contributed by atoms with Crippen LogP contribution in [-0.2, 0) is 16.0 Å².